The van der Waals surface area contributed by atoms with Crippen LogP contribution in [0.25, 0.3) is 6.08 Å². The van der Waals surface area contributed by atoms with Crippen molar-refractivity contribution in [1.82, 2.24) is 4.90 Å². The average molecular weight is 622 g/mol. The highest BCUT2D eigenvalue weighted by atomic mass is 28.4. The van der Waals surface area contributed by atoms with Gasteiger partial charge in [0.2, 0.25) is 14.2 Å². The summed E-state index contributed by atoms with van der Waals surface area (Å²) in [7, 11) is -2.32. The van der Waals surface area contributed by atoms with E-state index in [4.69, 9.17) is 9.16 Å². The lowest BCUT2D eigenvalue weighted by molar-refractivity contribution is -0.142. The molecule has 1 heterocycles. The van der Waals surface area contributed by atoms with Crippen molar-refractivity contribution in [2.75, 3.05) is 6.61 Å². The zero-order chi connectivity index (χ0) is 32.6. The van der Waals surface area contributed by atoms with Crippen LogP contribution in [0, 0.1) is 11.8 Å². The van der Waals surface area contributed by atoms with E-state index in [1.54, 1.807) is 6.92 Å². The molecule has 5 atom stereocenters. The summed E-state index contributed by atoms with van der Waals surface area (Å²) in [5.41, 5.74) is 3.01. The maximum Gasteiger partial charge on any atom is 0.417 e. The van der Waals surface area contributed by atoms with Crippen LogP contribution >= 0.6 is 0 Å². The smallest absolute Gasteiger partial charge is 0.417 e. The van der Waals surface area contributed by atoms with Crippen molar-refractivity contribution >= 4 is 32.2 Å². The Hall–Kier alpha value is -3.07. The van der Waals surface area contributed by atoms with Crippen molar-refractivity contribution in [3.05, 3.63) is 77.9 Å². The summed E-state index contributed by atoms with van der Waals surface area (Å²) in [5, 5.41) is 11.4. The monoisotopic (exact) mass is 621 g/mol. The van der Waals surface area contributed by atoms with E-state index in [9.17, 15) is 19.5 Å². The highest BCUT2D eigenvalue weighted by molar-refractivity contribution is 6.77. The number of ketones is 1. The second-order valence-electron chi connectivity index (χ2n) is 13.1. The molecule has 0 saturated carbocycles. The molecule has 0 bridgehead atoms. The van der Waals surface area contributed by atoms with Crippen LogP contribution in [-0.4, -0.2) is 61.0 Å². The maximum atomic E-state index is 13.6. The number of rotatable bonds is 15. The summed E-state index contributed by atoms with van der Waals surface area (Å²) in [6.07, 6.45) is 2.44. The number of benzene rings is 2. The number of Topliss-reactive ketones (excluding diaryl/α,β-unsaturated/α-hetero) is 1. The second kappa shape index (κ2) is 15.8. The third-order valence-electron chi connectivity index (χ3n) is 9.18. The molecular weight excluding hydrogens is 570 g/mol. The SMILES string of the molecule is CC(C)[Si](O[C@@H](/C=C/c1ccccc1)C[C@@H](O)[C@@H](C)C(=O)[C@H](C)C(=O)N1C(=O)OC[C@@H]1Cc1ccccc1)(C(C)C)C(C)C. The van der Waals surface area contributed by atoms with E-state index in [0.717, 1.165) is 16.0 Å². The molecule has 1 aliphatic rings. The number of carbonyl (C=O) groups excluding carboxylic acids is 3. The van der Waals surface area contributed by atoms with Crippen molar-refractivity contribution in [2.24, 2.45) is 11.8 Å². The minimum atomic E-state index is -2.32. The molecule has 44 heavy (non-hydrogen) atoms. The van der Waals surface area contributed by atoms with E-state index in [2.05, 4.69) is 41.5 Å². The fourth-order valence-electron chi connectivity index (χ4n) is 6.74. The molecule has 0 aromatic heterocycles. The van der Waals surface area contributed by atoms with Crippen LogP contribution in [0.4, 0.5) is 4.79 Å². The van der Waals surface area contributed by atoms with E-state index in [-0.39, 0.29) is 13.0 Å². The third-order valence-corrected chi connectivity index (χ3v) is 15.3. The van der Waals surface area contributed by atoms with Crippen LogP contribution in [-0.2, 0) is 25.2 Å². The molecule has 8 heteroatoms. The fourth-order valence-corrected chi connectivity index (χ4v) is 12.3. The van der Waals surface area contributed by atoms with Gasteiger partial charge in [0, 0.05) is 12.3 Å². The van der Waals surface area contributed by atoms with E-state index < -0.39 is 56.2 Å². The molecule has 2 amide bonds. The summed E-state index contributed by atoms with van der Waals surface area (Å²) < 4.78 is 12.3. The Bertz CT molecular complexity index is 1240. The molecular formula is C36H51NO6Si. The largest absolute Gasteiger partial charge is 0.447 e. The maximum absolute atomic E-state index is 13.6. The first-order chi connectivity index (χ1) is 20.8. The molecule has 0 spiro atoms. The zero-order valence-corrected chi connectivity index (χ0v) is 28.6. The van der Waals surface area contributed by atoms with Gasteiger partial charge < -0.3 is 14.3 Å². The van der Waals surface area contributed by atoms with E-state index in [0.29, 0.717) is 23.0 Å². The number of hydrogen-bond acceptors (Lipinski definition) is 6. The summed E-state index contributed by atoms with van der Waals surface area (Å²) in [4.78, 5) is 40.8. The van der Waals surface area contributed by atoms with Crippen molar-refractivity contribution in [3.63, 3.8) is 0 Å². The number of nitrogens with zero attached hydrogens (tertiary/aromatic N) is 1. The van der Waals surface area contributed by atoms with Gasteiger partial charge in [0.15, 0.2) is 0 Å². The molecule has 1 saturated heterocycles. The molecule has 2 aromatic carbocycles. The normalized spacial score (nSPS) is 18.6. The first-order valence-corrected chi connectivity index (χ1v) is 18.1. The van der Waals surface area contributed by atoms with Gasteiger partial charge in [-0.1, -0.05) is 121 Å². The van der Waals surface area contributed by atoms with Crippen LogP contribution in [0.2, 0.25) is 16.6 Å². The Balaban J connectivity index is 1.79. The van der Waals surface area contributed by atoms with Gasteiger partial charge in [-0.25, -0.2) is 9.69 Å². The molecule has 1 aliphatic heterocycles. The molecule has 0 aliphatic carbocycles. The van der Waals surface area contributed by atoms with Gasteiger partial charge >= 0.3 is 6.09 Å². The molecule has 7 nitrogen and oxygen atoms in total. The highest BCUT2D eigenvalue weighted by Crippen LogP contribution is 2.43. The van der Waals surface area contributed by atoms with Gasteiger partial charge in [0.1, 0.15) is 12.4 Å². The number of hydrogen-bond donors (Lipinski definition) is 1. The third kappa shape index (κ3) is 8.34. The lowest BCUT2D eigenvalue weighted by atomic mass is 9.87. The zero-order valence-electron chi connectivity index (χ0n) is 27.6. The molecule has 3 rings (SSSR count). The minimum Gasteiger partial charge on any atom is -0.447 e. The van der Waals surface area contributed by atoms with Crippen molar-refractivity contribution < 1.29 is 28.7 Å². The van der Waals surface area contributed by atoms with Gasteiger partial charge in [0.05, 0.1) is 24.2 Å². The average Bonchev–Trinajstić information content (AvgIpc) is 3.36. The van der Waals surface area contributed by atoms with Crippen LogP contribution in [0.15, 0.2) is 66.7 Å². The minimum absolute atomic E-state index is 0.0819. The van der Waals surface area contributed by atoms with Gasteiger partial charge in [0.25, 0.3) is 0 Å². The van der Waals surface area contributed by atoms with Gasteiger partial charge in [-0.05, 0) is 41.1 Å². The number of ether oxygens (including phenoxy) is 1. The molecule has 1 fully saturated rings. The number of cyclic esters (lactones) is 1. The topological polar surface area (TPSA) is 93.1 Å². The number of aliphatic hydroxyl groups excluding tert-OH is 1. The quantitative estimate of drug-likeness (QED) is 0.164. The Labute approximate surface area is 264 Å². The lowest BCUT2D eigenvalue weighted by Crippen LogP contribution is -2.50. The summed E-state index contributed by atoms with van der Waals surface area (Å²) in [6.45, 7) is 16.5. The van der Waals surface area contributed by atoms with Crippen molar-refractivity contribution in [3.8, 4) is 0 Å². The van der Waals surface area contributed by atoms with Crippen molar-refractivity contribution in [1.29, 1.82) is 0 Å². The Morgan fingerprint density at radius 2 is 1.48 bits per heavy atom. The summed E-state index contributed by atoms with van der Waals surface area (Å²) in [5.74, 6) is -2.96. The predicted molar refractivity (Wildman–Crippen MR) is 177 cm³/mol. The first kappa shape index (κ1) is 35.4. The Kier molecular flexibility index (Phi) is 12.7. The Morgan fingerprint density at radius 3 is 2.02 bits per heavy atom. The van der Waals surface area contributed by atoms with Gasteiger partial charge in [-0.3, -0.25) is 9.59 Å². The van der Waals surface area contributed by atoms with Crippen LogP contribution in [0.5, 0.6) is 0 Å². The van der Waals surface area contributed by atoms with Gasteiger partial charge in [-0.2, -0.15) is 0 Å². The van der Waals surface area contributed by atoms with Crippen LogP contribution in [0.1, 0.15) is 72.9 Å². The molecule has 1 N–H and O–H groups in total. The molecule has 2 aromatic rings. The van der Waals surface area contributed by atoms with Crippen LogP contribution in [0.3, 0.4) is 0 Å². The Morgan fingerprint density at radius 1 is 0.932 bits per heavy atom. The van der Waals surface area contributed by atoms with Crippen molar-refractivity contribution in [2.45, 2.75) is 103 Å². The molecule has 0 unspecified atom stereocenters. The standard InChI is InChI=1S/C36H51NO6Si/c1-24(2)44(25(3)4,26(5)6)43-32(20-19-29-15-11-9-12-16-29)22-33(38)27(7)34(39)28(8)35(40)37-31(23-42-36(37)41)21-30-17-13-10-14-18-30/h9-20,24-28,31-33,38H,21-23H2,1-8H3/b20-19+/t27-,28+,31+,32+,33-/m1/s1. The predicted octanol–water partition coefficient (Wildman–Crippen LogP) is 7.44. The number of aliphatic hydroxyl groups is 1. The molecule has 0 radical (unpaired) electrons. The van der Waals surface area contributed by atoms with E-state index >= 15 is 0 Å². The fraction of sp³-hybridized carbons (Fsp3) is 0.528. The lowest BCUT2D eigenvalue weighted by Gasteiger charge is -2.44. The first-order valence-electron chi connectivity index (χ1n) is 16.0. The van der Waals surface area contributed by atoms with E-state index in [1.165, 1.54) is 6.92 Å². The number of carbonyl (C=O) groups is 3. The second-order valence-corrected chi connectivity index (χ2v) is 18.5. The molecule has 240 valence electrons. The highest BCUT2D eigenvalue weighted by Gasteiger charge is 2.47. The number of amides is 2. The summed E-state index contributed by atoms with van der Waals surface area (Å²) in [6, 6.07) is 19.0. The van der Waals surface area contributed by atoms with Gasteiger partial charge in [-0.15, -0.1) is 0 Å². The van der Waals surface area contributed by atoms with E-state index in [1.807, 2.05) is 72.8 Å². The summed E-state index contributed by atoms with van der Waals surface area (Å²) >= 11 is 0. The number of imide groups is 1. The van der Waals surface area contributed by atoms with Crippen LogP contribution < -0.4 is 0 Å².